The van der Waals surface area contributed by atoms with Gasteiger partial charge in [-0.25, -0.2) is 12.7 Å². The molecule has 160 valence electrons. The third-order valence-corrected chi connectivity index (χ3v) is 6.79. The monoisotopic (exact) mass is 431 g/mol. The number of nitrogens with zero attached hydrogens (tertiary/aromatic N) is 2. The van der Waals surface area contributed by atoms with Crippen molar-refractivity contribution in [2.45, 2.75) is 17.9 Å². The van der Waals surface area contributed by atoms with Gasteiger partial charge in [0.1, 0.15) is 6.61 Å². The van der Waals surface area contributed by atoms with Gasteiger partial charge in [0.25, 0.3) is 5.91 Å². The van der Waals surface area contributed by atoms with E-state index in [0.29, 0.717) is 11.3 Å². The first kappa shape index (κ1) is 21.9. The van der Waals surface area contributed by atoms with E-state index in [9.17, 15) is 18.0 Å². The lowest BCUT2D eigenvalue weighted by atomic mass is 9.97. The van der Waals surface area contributed by atoms with Gasteiger partial charge in [-0.05, 0) is 23.3 Å². The van der Waals surface area contributed by atoms with Crippen LogP contribution in [0, 0.1) is 0 Å². The number of hydrogen-bond acceptors (Lipinski definition) is 5. The molecule has 0 spiro atoms. The zero-order valence-electron chi connectivity index (χ0n) is 17.1. The molecule has 1 saturated heterocycles. The molecule has 1 fully saturated rings. The van der Waals surface area contributed by atoms with E-state index in [4.69, 9.17) is 4.74 Å². The lowest BCUT2D eigenvalue weighted by Gasteiger charge is -2.38. The normalized spacial score (nSPS) is 19.7. The summed E-state index contributed by atoms with van der Waals surface area (Å²) in [6.45, 7) is -0.182. The van der Waals surface area contributed by atoms with Crippen LogP contribution in [0.1, 0.15) is 17.2 Å². The summed E-state index contributed by atoms with van der Waals surface area (Å²) in [4.78, 5) is 26.7. The van der Waals surface area contributed by atoms with Gasteiger partial charge in [0.2, 0.25) is 15.9 Å². The molecule has 0 aliphatic carbocycles. The van der Waals surface area contributed by atoms with E-state index in [1.807, 2.05) is 30.3 Å². The van der Waals surface area contributed by atoms with Gasteiger partial charge in [-0.1, -0.05) is 42.5 Å². The number of ether oxygens (including phenoxy) is 1. The van der Waals surface area contributed by atoms with Gasteiger partial charge >= 0.3 is 0 Å². The molecule has 1 N–H and O–H groups in total. The standard InChI is InChI=1S/C21H25N3O5S/c1-23(2)30(27,28)14-15-8-7-11-17(12-15)22-21(26)20-19(16-9-5-4-6-10-16)24(3)18(25)13-29-20/h4-12,19-20H,13-14H2,1-3H3,(H,22,26)/t19-,20+/m1/s1. The molecule has 30 heavy (non-hydrogen) atoms. The molecule has 1 heterocycles. The third kappa shape index (κ3) is 4.86. The highest BCUT2D eigenvalue weighted by Gasteiger charge is 2.40. The first-order valence-electron chi connectivity index (χ1n) is 9.41. The van der Waals surface area contributed by atoms with E-state index in [2.05, 4.69) is 5.32 Å². The number of likely N-dealkylation sites (N-methyl/N-ethyl adjacent to an activating group) is 1. The van der Waals surface area contributed by atoms with Crippen LogP contribution in [0.2, 0.25) is 0 Å². The molecule has 0 bridgehead atoms. The van der Waals surface area contributed by atoms with Crippen molar-refractivity contribution in [1.82, 2.24) is 9.21 Å². The van der Waals surface area contributed by atoms with Gasteiger partial charge in [0, 0.05) is 26.8 Å². The molecular weight excluding hydrogens is 406 g/mol. The number of morpholine rings is 1. The number of carbonyl (C=O) groups excluding carboxylic acids is 2. The fourth-order valence-electron chi connectivity index (χ4n) is 3.27. The highest BCUT2D eigenvalue weighted by Crippen LogP contribution is 2.30. The second-order valence-electron chi connectivity index (χ2n) is 7.32. The largest absolute Gasteiger partial charge is 0.356 e. The summed E-state index contributed by atoms with van der Waals surface area (Å²) in [7, 11) is 1.18. The lowest BCUT2D eigenvalue weighted by Crippen LogP contribution is -2.51. The maximum Gasteiger partial charge on any atom is 0.256 e. The number of hydrogen-bond donors (Lipinski definition) is 1. The second-order valence-corrected chi connectivity index (χ2v) is 9.50. The van der Waals surface area contributed by atoms with Gasteiger partial charge in [0.05, 0.1) is 11.8 Å². The van der Waals surface area contributed by atoms with Crippen molar-refractivity contribution in [3.63, 3.8) is 0 Å². The van der Waals surface area contributed by atoms with E-state index >= 15 is 0 Å². The van der Waals surface area contributed by atoms with E-state index < -0.39 is 28.1 Å². The highest BCUT2D eigenvalue weighted by atomic mass is 32.2. The minimum Gasteiger partial charge on any atom is -0.356 e. The Bertz CT molecular complexity index is 1020. The van der Waals surface area contributed by atoms with Crippen LogP contribution in [0.25, 0.3) is 0 Å². The topological polar surface area (TPSA) is 96.0 Å². The highest BCUT2D eigenvalue weighted by molar-refractivity contribution is 7.88. The summed E-state index contributed by atoms with van der Waals surface area (Å²) in [5.41, 5.74) is 1.80. The number of nitrogens with one attached hydrogen (secondary N) is 1. The predicted octanol–water partition coefficient (Wildman–Crippen LogP) is 1.61. The summed E-state index contributed by atoms with van der Waals surface area (Å²) in [5.74, 6) is -0.785. The molecule has 1 aliphatic heterocycles. The molecule has 0 radical (unpaired) electrons. The van der Waals surface area contributed by atoms with Crippen molar-refractivity contribution in [3.8, 4) is 0 Å². The first-order valence-corrected chi connectivity index (χ1v) is 11.0. The Balaban J connectivity index is 1.81. The molecule has 0 aromatic heterocycles. The van der Waals surface area contributed by atoms with Crippen LogP contribution in [-0.2, 0) is 30.1 Å². The van der Waals surface area contributed by atoms with Gasteiger partial charge in [-0.3, -0.25) is 9.59 Å². The van der Waals surface area contributed by atoms with Crippen LogP contribution in [0.5, 0.6) is 0 Å². The molecular formula is C21H25N3O5S. The van der Waals surface area contributed by atoms with Gasteiger partial charge in [0.15, 0.2) is 6.10 Å². The Labute approximate surface area is 176 Å². The zero-order chi connectivity index (χ0) is 21.9. The fraction of sp³-hybridized carbons (Fsp3) is 0.333. The molecule has 2 aromatic rings. The van der Waals surface area contributed by atoms with Crippen molar-refractivity contribution < 1.29 is 22.7 Å². The molecule has 9 heteroatoms. The molecule has 3 rings (SSSR count). The summed E-state index contributed by atoms with van der Waals surface area (Å²) >= 11 is 0. The smallest absolute Gasteiger partial charge is 0.256 e. The molecule has 2 aromatic carbocycles. The summed E-state index contributed by atoms with van der Waals surface area (Å²) in [6, 6.07) is 15.3. The minimum atomic E-state index is -3.42. The molecule has 0 unspecified atom stereocenters. The lowest BCUT2D eigenvalue weighted by molar-refractivity contribution is -0.160. The zero-order valence-corrected chi connectivity index (χ0v) is 17.9. The summed E-state index contributed by atoms with van der Waals surface area (Å²) in [5, 5.41) is 2.79. The van der Waals surface area contributed by atoms with Crippen LogP contribution in [-0.4, -0.2) is 63.3 Å². The average molecular weight is 432 g/mol. The fourth-order valence-corrected chi connectivity index (χ4v) is 4.13. The minimum absolute atomic E-state index is 0.173. The van der Waals surface area contributed by atoms with Crippen LogP contribution < -0.4 is 5.32 Å². The number of amides is 2. The molecule has 1 aliphatic rings. The number of carbonyl (C=O) groups is 2. The number of sulfonamides is 1. The molecule has 2 amide bonds. The quantitative estimate of drug-likeness (QED) is 0.750. The van der Waals surface area contributed by atoms with Crippen molar-refractivity contribution in [2.75, 3.05) is 33.1 Å². The van der Waals surface area contributed by atoms with Crippen molar-refractivity contribution in [2.24, 2.45) is 0 Å². The van der Waals surface area contributed by atoms with Gasteiger partial charge < -0.3 is 15.0 Å². The van der Waals surface area contributed by atoms with Crippen molar-refractivity contribution in [3.05, 3.63) is 65.7 Å². The molecule has 2 atom stereocenters. The second kappa shape index (κ2) is 8.95. The van der Waals surface area contributed by atoms with Crippen LogP contribution in [0.15, 0.2) is 54.6 Å². The van der Waals surface area contributed by atoms with E-state index in [-0.39, 0.29) is 18.3 Å². The van der Waals surface area contributed by atoms with Crippen molar-refractivity contribution in [1.29, 1.82) is 0 Å². The average Bonchev–Trinajstić information content (AvgIpc) is 2.70. The van der Waals surface area contributed by atoms with Crippen LogP contribution >= 0.6 is 0 Å². The third-order valence-electron chi connectivity index (χ3n) is 4.98. The van der Waals surface area contributed by atoms with Gasteiger partial charge in [-0.15, -0.1) is 0 Å². The Morgan fingerprint density at radius 2 is 1.87 bits per heavy atom. The van der Waals surface area contributed by atoms with E-state index in [1.54, 1.807) is 31.3 Å². The summed E-state index contributed by atoms with van der Waals surface area (Å²) in [6.07, 6.45) is -0.899. The van der Waals surface area contributed by atoms with E-state index in [1.165, 1.54) is 19.0 Å². The van der Waals surface area contributed by atoms with Crippen molar-refractivity contribution >= 4 is 27.5 Å². The Kier molecular flexibility index (Phi) is 6.55. The predicted molar refractivity (Wildman–Crippen MR) is 113 cm³/mol. The number of benzene rings is 2. The van der Waals surface area contributed by atoms with E-state index in [0.717, 1.165) is 9.87 Å². The van der Waals surface area contributed by atoms with Gasteiger partial charge in [-0.2, -0.15) is 0 Å². The maximum absolute atomic E-state index is 13.0. The Hall–Kier alpha value is -2.75. The number of anilines is 1. The summed E-state index contributed by atoms with van der Waals surface area (Å²) < 4.78 is 31.0. The number of rotatable bonds is 6. The van der Waals surface area contributed by atoms with Crippen LogP contribution in [0.3, 0.4) is 0 Å². The SMILES string of the molecule is CN1C(=O)CO[C@H](C(=O)Nc2cccc(CS(=O)(=O)N(C)C)c2)[C@H]1c1ccccc1. The Morgan fingerprint density at radius 3 is 2.53 bits per heavy atom. The maximum atomic E-state index is 13.0. The first-order chi connectivity index (χ1) is 14.2. The van der Waals surface area contributed by atoms with Crippen LogP contribution in [0.4, 0.5) is 5.69 Å². The molecule has 8 nitrogen and oxygen atoms in total. The molecule has 0 saturated carbocycles. The Morgan fingerprint density at radius 1 is 1.17 bits per heavy atom.